The lowest BCUT2D eigenvalue weighted by molar-refractivity contribution is -0.121. The van der Waals surface area contributed by atoms with E-state index in [0.717, 1.165) is 30.6 Å². The van der Waals surface area contributed by atoms with Crippen LogP contribution in [0, 0.1) is 6.92 Å². The topological polar surface area (TPSA) is 49.3 Å². The van der Waals surface area contributed by atoms with Gasteiger partial charge in [-0.2, -0.15) is 0 Å². The van der Waals surface area contributed by atoms with Gasteiger partial charge in [0, 0.05) is 4.90 Å². The van der Waals surface area contributed by atoms with Gasteiger partial charge in [0.25, 0.3) is 0 Å². The monoisotopic (exact) mass is 293 g/mol. The van der Waals surface area contributed by atoms with E-state index >= 15 is 0 Å². The number of nitrogens with one attached hydrogen (secondary N) is 1. The second kappa shape index (κ2) is 7.14. The maximum absolute atomic E-state index is 12.1. The molecule has 2 N–H and O–H groups in total. The van der Waals surface area contributed by atoms with Gasteiger partial charge >= 0.3 is 0 Å². The number of thioether (sulfide) groups is 1. The van der Waals surface area contributed by atoms with Gasteiger partial charge in [-0.3, -0.25) is 4.79 Å². The molecule has 0 saturated heterocycles. The Bertz CT molecular complexity index is 456. The Labute approximate surface area is 125 Å². The number of carbonyl (C=O) groups excluding carboxylic acids is 1. The second-order valence-corrected chi connectivity index (χ2v) is 6.62. The smallest absolute Gasteiger partial charge is 0.230 e. The molecule has 20 heavy (non-hydrogen) atoms. The molecule has 0 atom stereocenters. The summed E-state index contributed by atoms with van der Waals surface area (Å²) in [5.74, 6) is 0.432. The average molecular weight is 293 g/mol. The number of aliphatic hydroxyl groups is 1. The summed E-state index contributed by atoms with van der Waals surface area (Å²) in [7, 11) is 0. The number of aliphatic hydroxyl groups excluding tert-OH is 1. The molecule has 4 heteroatoms. The van der Waals surface area contributed by atoms with Crippen LogP contribution in [0.2, 0.25) is 0 Å². The van der Waals surface area contributed by atoms with E-state index in [2.05, 4.69) is 18.3 Å². The highest BCUT2D eigenvalue weighted by molar-refractivity contribution is 8.00. The molecular formula is C16H23NO2S. The predicted molar refractivity (Wildman–Crippen MR) is 82.9 cm³/mol. The normalized spacial score (nSPS) is 17.7. The Morgan fingerprint density at radius 3 is 2.65 bits per heavy atom. The van der Waals surface area contributed by atoms with Crippen LogP contribution in [-0.2, 0) is 4.79 Å². The van der Waals surface area contributed by atoms with Crippen molar-refractivity contribution in [3.8, 4) is 0 Å². The van der Waals surface area contributed by atoms with E-state index < -0.39 is 0 Å². The fourth-order valence-corrected chi connectivity index (χ4v) is 3.57. The third-order valence-corrected chi connectivity index (χ3v) is 5.15. The number of aryl methyl sites for hydroxylation is 1. The molecule has 1 aromatic rings. The molecule has 2 rings (SSSR count). The number of carbonyl (C=O) groups is 1. The fourth-order valence-electron chi connectivity index (χ4n) is 2.74. The molecular weight excluding hydrogens is 270 g/mol. The number of amides is 1. The van der Waals surface area contributed by atoms with Gasteiger partial charge in [-0.05, 0) is 31.4 Å². The van der Waals surface area contributed by atoms with Gasteiger partial charge in [0.2, 0.25) is 5.91 Å². The molecule has 3 nitrogen and oxygen atoms in total. The van der Waals surface area contributed by atoms with Gasteiger partial charge in [-0.15, -0.1) is 11.8 Å². The first-order valence-corrected chi connectivity index (χ1v) is 8.24. The SMILES string of the molecule is Cc1ccccc1SCC(=O)NC1(CO)CCCCC1. The van der Waals surface area contributed by atoms with E-state index in [0.29, 0.717) is 5.75 Å². The third-order valence-electron chi connectivity index (χ3n) is 3.97. The van der Waals surface area contributed by atoms with Crippen LogP contribution in [0.1, 0.15) is 37.7 Å². The van der Waals surface area contributed by atoms with Crippen molar-refractivity contribution in [2.45, 2.75) is 49.5 Å². The van der Waals surface area contributed by atoms with Gasteiger partial charge < -0.3 is 10.4 Å². The summed E-state index contributed by atoms with van der Waals surface area (Å²) in [6.07, 6.45) is 5.17. The van der Waals surface area contributed by atoms with E-state index in [4.69, 9.17) is 0 Å². The molecule has 0 heterocycles. The first-order chi connectivity index (χ1) is 9.65. The van der Waals surface area contributed by atoms with Crippen LogP contribution < -0.4 is 5.32 Å². The Balaban J connectivity index is 1.87. The highest BCUT2D eigenvalue weighted by Crippen LogP contribution is 2.28. The summed E-state index contributed by atoms with van der Waals surface area (Å²) in [5, 5.41) is 12.7. The van der Waals surface area contributed by atoms with Crippen molar-refractivity contribution in [3.63, 3.8) is 0 Å². The molecule has 0 radical (unpaired) electrons. The molecule has 1 aromatic carbocycles. The highest BCUT2D eigenvalue weighted by Gasteiger charge is 2.32. The lowest BCUT2D eigenvalue weighted by Crippen LogP contribution is -2.53. The molecule has 1 saturated carbocycles. The third kappa shape index (κ3) is 4.00. The number of benzene rings is 1. The van der Waals surface area contributed by atoms with Crippen LogP contribution >= 0.6 is 11.8 Å². The van der Waals surface area contributed by atoms with E-state index in [-0.39, 0.29) is 18.1 Å². The minimum atomic E-state index is -0.373. The van der Waals surface area contributed by atoms with Crippen LogP contribution in [0.5, 0.6) is 0 Å². The van der Waals surface area contributed by atoms with Crippen LogP contribution in [0.4, 0.5) is 0 Å². The summed E-state index contributed by atoms with van der Waals surface area (Å²) >= 11 is 1.56. The molecule has 0 spiro atoms. The lowest BCUT2D eigenvalue weighted by atomic mass is 9.82. The summed E-state index contributed by atoms with van der Waals surface area (Å²) in [6.45, 7) is 2.10. The van der Waals surface area contributed by atoms with Crippen LogP contribution in [0.25, 0.3) is 0 Å². The highest BCUT2D eigenvalue weighted by atomic mass is 32.2. The number of hydrogen-bond acceptors (Lipinski definition) is 3. The van der Waals surface area contributed by atoms with E-state index in [9.17, 15) is 9.90 Å². The zero-order valence-corrected chi connectivity index (χ0v) is 12.8. The lowest BCUT2D eigenvalue weighted by Gasteiger charge is -2.36. The first-order valence-electron chi connectivity index (χ1n) is 7.25. The minimum Gasteiger partial charge on any atom is -0.394 e. The predicted octanol–water partition coefficient (Wildman–Crippen LogP) is 2.90. The molecule has 110 valence electrons. The number of hydrogen-bond donors (Lipinski definition) is 2. The minimum absolute atomic E-state index is 0.0224. The Hall–Kier alpha value is -1.00. The quantitative estimate of drug-likeness (QED) is 0.821. The van der Waals surface area contributed by atoms with E-state index in [1.165, 1.54) is 12.0 Å². The molecule has 0 bridgehead atoms. The molecule has 0 aromatic heterocycles. The van der Waals surface area contributed by atoms with Crippen molar-refractivity contribution in [2.24, 2.45) is 0 Å². The van der Waals surface area contributed by atoms with E-state index in [1.807, 2.05) is 18.2 Å². The van der Waals surface area contributed by atoms with Gasteiger partial charge in [-0.1, -0.05) is 37.5 Å². The Kier molecular flexibility index (Phi) is 5.49. The standard InChI is InChI=1S/C16H23NO2S/c1-13-7-3-4-8-14(13)20-11-15(19)17-16(12-18)9-5-2-6-10-16/h3-4,7-8,18H,2,5-6,9-12H2,1H3,(H,17,19). The molecule has 1 aliphatic rings. The summed E-state index contributed by atoms with van der Waals surface area (Å²) in [6, 6.07) is 8.08. The van der Waals surface area contributed by atoms with Crippen LogP contribution in [-0.4, -0.2) is 28.9 Å². The molecule has 0 aliphatic heterocycles. The van der Waals surface area contributed by atoms with Crippen molar-refractivity contribution in [2.75, 3.05) is 12.4 Å². The van der Waals surface area contributed by atoms with Gasteiger partial charge in [0.1, 0.15) is 0 Å². The molecule has 0 unspecified atom stereocenters. The maximum Gasteiger partial charge on any atom is 0.230 e. The molecule has 1 aliphatic carbocycles. The summed E-state index contributed by atoms with van der Waals surface area (Å²) in [5.41, 5.74) is 0.821. The largest absolute Gasteiger partial charge is 0.394 e. The Morgan fingerprint density at radius 1 is 1.30 bits per heavy atom. The summed E-state index contributed by atoms with van der Waals surface area (Å²) in [4.78, 5) is 13.3. The van der Waals surface area contributed by atoms with Gasteiger partial charge in [-0.25, -0.2) is 0 Å². The van der Waals surface area contributed by atoms with Crippen molar-refractivity contribution in [1.82, 2.24) is 5.32 Å². The first kappa shape index (κ1) is 15.4. The molecule has 1 amide bonds. The van der Waals surface area contributed by atoms with Gasteiger partial charge in [0.05, 0.1) is 17.9 Å². The van der Waals surface area contributed by atoms with Crippen molar-refractivity contribution in [3.05, 3.63) is 29.8 Å². The number of rotatable bonds is 5. The van der Waals surface area contributed by atoms with Crippen LogP contribution in [0.15, 0.2) is 29.2 Å². The van der Waals surface area contributed by atoms with E-state index in [1.54, 1.807) is 11.8 Å². The van der Waals surface area contributed by atoms with Crippen molar-refractivity contribution >= 4 is 17.7 Å². The Morgan fingerprint density at radius 2 is 2.00 bits per heavy atom. The summed E-state index contributed by atoms with van der Waals surface area (Å²) < 4.78 is 0. The fraction of sp³-hybridized carbons (Fsp3) is 0.562. The molecule has 1 fully saturated rings. The van der Waals surface area contributed by atoms with Gasteiger partial charge in [0.15, 0.2) is 0 Å². The second-order valence-electron chi connectivity index (χ2n) is 5.60. The van der Waals surface area contributed by atoms with Crippen molar-refractivity contribution in [1.29, 1.82) is 0 Å². The van der Waals surface area contributed by atoms with Crippen molar-refractivity contribution < 1.29 is 9.90 Å². The zero-order valence-electron chi connectivity index (χ0n) is 12.0. The average Bonchev–Trinajstić information content (AvgIpc) is 2.47. The van der Waals surface area contributed by atoms with Crippen LogP contribution in [0.3, 0.4) is 0 Å². The maximum atomic E-state index is 12.1. The zero-order chi connectivity index (χ0) is 14.4.